The number of nitrogens with zero attached hydrogens (tertiary/aromatic N) is 4. The van der Waals surface area contributed by atoms with Gasteiger partial charge in [0, 0.05) is 32.4 Å². The zero-order valence-electron chi connectivity index (χ0n) is 16.0. The van der Waals surface area contributed by atoms with E-state index in [-0.39, 0.29) is 0 Å². The van der Waals surface area contributed by atoms with Gasteiger partial charge in [0.2, 0.25) is 0 Å². The van der Waals surface area contributed by atoms with Gasteiger partial charge < -0.3 is 13.7 Å². The fourth-order valence-corrected chi connectivity index (χ4v) is 3.56. The van der Waals surface area contributed by atoms with Crippen molar-refractivity contribution < 1.29 is 9.15 Å². The molecule has 0 unspecified atom stereocenters. The first-order valence-corrected chi connectivity index (χ1v) is 9.31. The molecule has 0 atom stereocenters. The number of benzene rings is 1. The number of hydrogen-bond acceptors (Lipinski definition) is 5. The molecule has 2 aromatic heterocycles. The number of ether oxygens (including phenoxy) is 1. The summed E-state index contributed by atoms with van der Waals surface area (Å²) in [5.41, 5.74) is 2.42. The maximum absolute atomic E-state index is 5.43. The maximum atomic E-state index is 5.43. The summed E-state index contributed by atoms with van der Waals surface area (Å²) in [5, 5.41) is 0. The van der Waals surface area contributed by atoms with Crippen LogP contribution in [0.5, 0.6) is 5.75 Å². The van der Waals surface area contributed by atoms with Crippen LogP contribution in [0, 0.1) is 0 Å². The van der Waals surface area contributed by atoms with E-state index in [2.05, 4.69) is 39.7 Å². The molecule has 0 bridgehead atoms. The van der Waals surface area contributed by atoms with Crippen LogP contribution in [0.3, 0.4) is 0 Å². The SMILES string of the molecule is COc1ccc(CN2CCn3cc(CN(C)Cc4ccco4)nc3C2)cc1. The second-order valence-corrected chi connectivity index (χ2v) is 7.15. The fourth-order valence-electron chi connectivity index (χ4n) is 3.56. The van der Waals surface area contributed by atoms with Gasteiger partial charge in [0.15, 0.2) is 0 Å². The third-order valence-electron chi connectivity index (χ3n) is 4.93. The third-order valence-corrected chi connectivity index (χ3v) is 4.93. The lowest BCUT2D eigenvalue weighted by Crippen LogP contribution is -2.33. The lowest BCUT2D eigenvalue weighted by atomic mass is 10.2. The summed E-state index contributed by atoms with van der Waals surface area (Å²) in [5.74, 6) is 3.03. The Balaban J connectivity index is 1.35. The molecular weight excluding hydrogens is 340 g/mol. The van der Waals surface area contributed by atoms with Crippen molar-refractivity contribution in [1.82, 2.24) is 19.4 Å². The van der Waals surface area contributed by atoms with Crippen LogP contribution in [0.15, 0.2) is 53.3 Å². The van der Waals surface area contributed by atoms with Gasteiger partial charge in [0.25, 0.3) is 0 Å². The van der Waals surface area contributed by atoms with E-state index in [0.29, 0.717) is 0 Å². The number of furan rings is 1. The quantitative estimate of drug-likeness (QED) is 0.643. The largest absolute Gasteiger partial charge is 0.497 e. The predicted molar refractivity (Wildman–Crippen MR) is 103 cm³/mol. The highest BCUT2D eigenvalue weighted by atomic mass is 16.5. The van der Waals surface area contributed by atoms with E-state index in [4.69, 9.17) is 14.1 Å². The predicted octanol–water partition coefficient (Wildman–Crippen LogP) is 3.13. The molecule has 6 heteroatoms. The van der Waals surface area contributed by atoms with Gasteiger partial charge in [-0.15, -0.1) is 0 Å². The molecule has 27 heavy (non-hydrogen) atoms. The molecule has 0 spiro atoms. The first kappa shape index (κ1) is 17.8. The summed E-state index contributed by atoms with van der Waals surface area (Å²) in [6, 6.07) is 12.2. The molecule has 0 aliphatic carbocycles. The fraction of sp³-hybridized carbons (Fsp3) is 0.381. The van der Waals surface area contributed by atoms with Crippen molar-refractivity contribution in [2.24, 2.45) is 0 Å². The zero-order valence-corrected chi connectivity index (χ0v) is 16.0. The Labute approximate surface area is 160 Å². The highest BCUT2D eigenvalue weighted by Crippen LogP contribution is 2.18. The van der Waals surface area contributed by atoms with Gasteiger partial charge in [-0.1, -0.05) is 12.1 Å². The molecule has 0 saturated heterocycles. The van der Waals surface area contributed by atoms with Gasteiger partial charge in [-0.3, -0.25) is 9.80 Å². The molecule has 0 fully saturated rings. The lowest BCUT2D eigenvalue weighted by molar-refractivity contribution is 0.209. The number of methoxy groups -OCH3 is 1. The van der Waals surface area contributed by atoms with E-state index in [9.17, 15) is 0 Å². The van der Waals surface area contributed by atoms with Crippen molar-refractivity contribution in [3.05, 3.63) is 71.7 Å². The molecule has 0 amide bonds. The minimum absolute atomic E-state index is 0.790. The molecule has 0 radical (unpaired) electrons. The molecule has 0 saturated carbocycles. The van der Waals surface area contributed by atoms with Crippen molar-refractivity contribution in [3.8, 4) is 5.75 Å². The Morgan fingerprint density at radius 1 is 1.15 bits per heavy atom. The van der Waals surface area contributed by atoms with E-state index >= 15 is 0 Å². The smallest absolute Gasteiger partial charge is 0.123 e. The average Bonchev–Trinajstić information content (AvgIpc) is 3.31. The Morgan fingerprint density at radius 3 is 2.74 bits per heavy atom. The van der Waals surface area contributed by atoms with Gasteiger partial charge in [-0.2, -0.15) is 0 Å². The summed E-state index contributed by atoms with van der Waals surface area (Å²) in [7, 11) is 3.79. The van der Waals surface area contributed by atoms with Gasteiger partial charge in [0.1, 0.15) is 17.3 Å². The van der Waals surface area contributed by atoms with Gasteiger partial charge in [-0.05, 0) is 36.9 Å². The van der Waals surface area contributed by atoms with Crippen LogP contribution in [0.4, 0.5) is 0 Å². The minimum Gasteiger partial charge on any atom is -0.497 e. The lowest BCUT2D eigenvalue weighted by Gasteiger charge is -2.27. The second-order valence-electron chi connectivity index (χ2n) is 7.15. The van der Waals surface area contributed by atoms with E-state index in [0.717, 1.165) is 62.3 Å². The Kier molecular flexibility index (Phi) is 5.27. The summed E-state index contributed by atoms with van der Waals surface area (Å²) in [4.78, 5) is 9.54. The van der Waals surface area contributed by atoms with Crippen molar-refractivity contribution in [2.45, 2.75) is 32.7 Å². The molecule has 3 aromatic rings. The third kappa shape index (κ3) is 4.40. The average molecular weight is 366 g/mol. The van der Waals surface area contributed by atoms with Crippen LogP contribution >= 0.6 is 0 Å². The summed E-state index contributed by atoms with van der Waals surface area (Å²) < 4.78 is 13.0. The summed E-state index contributed by atoms with van der Waals surface area (Å²) >= 11 is 0. The molecule has 1 aromatic carbocycles. The molecule has 3 heterocycles. The number of hydrogen-bond donors (Lipinski definition) is 0. The molecule has 0 N–H and O–H groups in total. The summed E-state index contributed by atoms with van der Waals surface area (Å²) in [6.07, 6.45) is 3.91. The van der Waals surface area contributed by atoms with Crippen molar-refractivity contribution >= 4 is 0 Å². The molecule has 4 rings (SSSR count). The second kappa shape index (κ2) is 7.98. The normalized spacial score (nSPS) is 14.5. The number of imidazole rings is 1. The summed E-state index contributed by atoms with van der Waals surface area (Å²) in [6.45, 7) is 5.45. The van der Waals surface area contributed by atoms with Crippen LogP contribution < -0.4 is 4.74 Å². The highest BCUT2D eigenvalue weighted by molar-refractivity contribution is 5.27. The number of fused-ring (bicyclic) bond motifs is 1. The van der Waals surface area contributed by atoms with Crippen molar-refractivity contribution in [1.29, 1.82) is 0 Å². The monoisotopic (exact) mass is 366 g/mol. The standard InChI is InChI=1S/C21H26N4O2/c1-23(15-20-4-3-11-27-20)13-18-14-25-10-9-24(16-21(25)22-18)12-17-5-7-19(26-2)8-6-17/h3-8,11,14H,9-10,12-13,15-16H2,1-2H3. The highest BCUT2D eigenvalue weighted by Gasteiger charge is 2.19. The Hall–Kier alpha value is -2.57. The van der Waals surface area contributed by atoms with Crippen molar-refractivity contribution in [3.63, 3.8) is 0 Å². The van der Waals surface area contributed by atoms with E-state index in [1.54, 1.807) is 13.4 Å². The molecule has 1 aliphatic heterocycles. The maximum Gasteiger partial charge on any atom is 0.123 e. The van der Waals surface area contributed by atoms with Crippen LogP contribution in [-0.4, -0.2) is 40.1 Å². The topological polar surface area (TPSA) is 46.7 Å². The van der Waals surface area contributed by atoms with E-state index < -0.39 is 0 Å². The van der Waals surface area contributed by atoms with Gasteiger partial charge >= 0.3 is 0 Å². The first-order chi connectivity index (χ1) is 13.2. The Bertz CT molecular complexity index is 855. The van der Waals surface area contributed by atoms with Crippen molar-refractivity contribution in [2.75, 3.05) is 20.7 Å². The zero-order chi connectivity index (χ0) is 18.6. The van der Waals surface area contributed by atoms with Crippen LogP contribution in [0.2, 0.25) is 0 Å². The number of aromatic nitrogens is 2. The molecule has 1 aliphatic rings. The molecular formula is C21H26N4O2. The molecule has 6 nitrogen and oxygen atoms in total. The van der Waals surface area contributed by atoms with Crippen LogP contribution in [-0.2, 0) is 32.7 Å². The van der Waals surface area contributed by atoms with E-state index in [1.807, 2.05) is 24.3 Å². The first-order valence-electron chi connectivity index (χ1n) is 9.31. The van der Waals surface area contributed by atoms with E-state index in [1.165, 1.54) is 5.56 Å². The van der Waals surface area contributed by atoms with Crippen LogP contribution in [0.1, 0.15) is 22.8 Å². The molecule has 142 valence electrons. The van der Waals surface area contributed by atoms with Gasteiger partial charge in [-0.25, -0.2) is 4.98 Å². The van der Waals surface area contributed by atoms with Crippen LogP contribution in [0.25, 0.3) is 0 Å². The Morgan fingerprint density at radius 2 is 2.00 bits per heavy atom. The number of rotatable bonds is 7. The van der Waals surface area contributed by atoms with Gasteiger partial charge in [0.05, 0.1) is 32.2 Å². The minimum atomic E-state index is 0.790.